The monoisotopic (exact) mass is 364 g/mol. The fraction of sp³-hybridized carbons (Fsp3) is 0.421. The number of nitrogens with zero attached hydrogens (tertiary/aromatic N) is 1. The molecule has 3 rings (SSSR count). The minimum absolute atomic E-state index is 0. The predicted octanol–water partition coefficient (Wildman–Crippen LogP) is 3.33. The van der Waals surface area contributed by atoms with Gasteiger partial charge in [-0.2, -0.15) is 0 Å². The highest BCUT2D eigenvalue weighted by Crippen LogP contribution is 2.21. The Balaban J connectivity index is 0.00000225. The van der Waals surface area contributed by atoms with Crippen LogP contribution in [0.3, 0.4) is 0 Å². The quantitative estimate of drug-likeness (QED) is 0.904. The third kappa shape index (κ3) is 4.55. The number of piperazine rings is 1. The van der Waals surface area contributed by atoms with Crippen LogP contribution in [0, 0.1) is 13.8 Å². The van der Waals surface area contributed by atoms with E-state index >= 15 is 0 Å². The van der Waals surface area contributed by atoms with Gasteiger partial charge in [-0.25, -0.2) is 0 Å². The zero-order chi connectivity index (χ0) is 17.1. The van der Waals surface area contributed by atoms with Crippen LogP contribution < -0.4 is 10.1 Å². The van der Waals surface area contributed by atoms with E-state index in [9.17, 15) is 4.79 Å². The number of carbonyl (C=O) groups is 1. The van der Waals surface area contributed by atoms with Crippen molar-refractivity contribution in [3.63, 3.8) is 0 Å². The maximum Gasteiger partial charge on any atom is 0.289 e. The lowest BCUT2D eigenvalue weighted by atomic mass is 10.1. The Labute approximate surface area is 154 Å². The summed E-state index contributed by atoms with van der Waals surface area (Å²) in [4.78, 5) is 14.4. The van der Waals surface area contributed by atoms with E-state index in [4.69, 9.17) is 9.15 Å². The van der Waals surface area contributed by atoms with Crippen molar-refractivity contribution in [1.29, 1.82) is 0 Å². The van der Waals surface area contributed by atoms with Gasteiger partial charge in [0.25, 0.3) is 5.91 Å². The Kier molecular flexibility index (Phi) is 6.51. The Morgan fingerprint density at radius 3 is 2.84 bits per heavy atom. The first kappa shape index (κ1) is 19.3. The molecule has 6 heteroatoms. The van der Waals surface area contributed by atoms with Crippen LogP contribution in [0.4, 0.5) is 0 Å². The van der Waals surface area contributed by atoms with Crippen LogP contribution in [0.2, 0.25) is 0 Å². The van der Waals surface area contributed by atoms with Crippen LogP contribution in [-0.2, 0) is 6.61 Å². The van der Waals surface area contributed by atoms with E-state index in [2.05, 4.69) is 18.3 Å². The van der Waals surface area contributed by atoms with Gasteiger partial charge in [-0.15, -0.1) is 12.4 Å². The Morgan fingerprint density at radius 2 is 2.12 bits per heavy atom. The smallest absolute Gasteiger partial charge is 0.289 e. The van der Waals surface area contributed by atoms with Gasteiger partial charge in [-0.3, -0.25) is 4.79 Å². The fourth-order valence-corrected chi connectivity index (χ4v) is 2.96. The highest BCUT2D eigenvalue weighted by atomic mass is 35.5. The third-order valence-corrected chi connectivity index (χ3v) is 4.33. The highest BCUT2D eigenvalue weighted by molar-refractivity contribution is 5.91. The lowest BCUT2D eigenvalue weighted by molar-refractivity contribution is 0.0619. The Morgan fingerprint density at radius 1 is 1.32 bits per heavy atom. The summed E-state index contributed by atoms with van der Waals surface area (Å²) in [6.45, 7) is 8.76. The van der Waals surface area contributed by atoms with E-state index in [0.29, 0.717) is 24.7 Å². The summed E-state index contributed by atoms with van der Waals surface area (Å²) in [5, 5.41) is 3.28. The number of hydrogen-bond acceptors (Lipinski definition) is 4. The molecule has 2 heterocycles. The first-order valence-corrected chi connectivity index (χ1v) is 8.35. The van der Waals surface area contributed by atoms with Crippen molar-refractivity contribution in [2.75, 3.05) is 19.6 Å². The summed E-state index contributed by atoms with van der Waals surface area (Å²) in [7, 11) is 0. The Bertz CT molecular complexity index is 729. The molecular formula is C19H25ClN2O3. The van der Waals surface area contributed by atoms with Gasteiger partial charge in [0.2, 0.25) is 0 Å². The summed E-state index contributed by atoms with van der Waals surface area (Å²) in [6, 6.07) is 9.78. The van der Waals surface area contributed by atoms with Gasteiger partial charge in [0.15, 0.2) is 5.76 Å². The standard InChI is InChI=1S/C19H24N2O3.ClH/c1-13-4-6-17(14(2)10-13)23-12-16-5-7-18(24-16)19(22)21-9-8-20-11-15(21)3;/h4-7,10,15,20H,8-9,11-12H2,1-3H3;1H/t15-;/m1./s1. The van der Waals surface area contributed by atoms with Gasteiger partial charge >= 0.3 is 0 Å². The molecule has 1 atom stereocenters. The molecule has 25 heavy (non-hydrogen) atoms. The van der Waals surface area contributed by atoms with E-state index in [1.165, 1.54) is 5.56 Å². The minimum Gasteiger partial charge on any atom is -0.485 e. The number of amides is 1. The SMILES string of the molecule is Cc1ccc(OCc2ccc(C(=O)N3CCNC[C@H]3C)o2)c(C)c1.Cl. The summed E-state index contributed by atoms with van der Waals surface area (Å²) < 4.78 is 11.5. The van der Waals surface area contributed by atoms with Gasteiger partial charge < -0.3 is 19.4 Å². The first-order valence-electron chi connectivity index (χ1n) is 8.35. The topological polar surface area (TPSA) is 54.7 Å². The molecule has 1 saturated heterocycles. The van der Waals surface area contributed by atoms with Gasteiger partial charge in [-0.05, 0) is 44.5 Å². The van der Waals surface area contributed by atoms with Gasteiger partial charge in [0.1, 0.15) is 18.1 Å². The van der Waals surface area contributed by atoms with E-state index in [-0.39, 0.29) is 24.4 Å². The van der Waals surface area contributed by atoms with E-state index in [0.717, 1.165) is 24.4 Å². The Hall–Kier alpha value is -1.98. The van der Waals surface area contributed by atoms with Gasteiger partial charge in [0, 0.05) is 25.7 Å². The summed E-state index contributed by atoms with van der Waals surface area (Å²) >= 11 is 0. The molecule has 1 N–H and O–H groups in total. The summed E-state index contributed by atoms with van der Waals surface area (Å²) in [5.41, 5.74) is 2.29. The number of halogens is 1. The van der Waals surface area contributed by atoms with Crippen LogP contribution in [0.15, 0.2) is 34.7 Å². The zero-order valence-electron chi connectivity index (χ0n) is 14.9. The maximum atomic E-state index is 12.6. The molecule has 0 saturated carbocycles. The van der Waals surface area contributed by atoms with E-state index in [1.54, 1.807) is 6.07 Å². The molecule has 5 nitrogen and oxygen atoms in total. The van der Waals surface area contributed by atoms with E-state index in [1.807, 2.05) is 36.9 Å². The molecular weight excluding hydrogens is 340 g/mol. The van der Waals surface area contributed by atoms with Crippen molar-refractivity contribution >= 4 is 18.3 Å². The number of hydrogen-bond donors (Lipinski definition) is 1. The molecule has 1 aliphatic heterocycles. The zero-order valence-corrected chi connectivity index (χ0v) is 15.7. The number of aryl methyl sites for hydroxylation is 2. The third-order valence-electron chi connectivity index (χ3n) is 4.33. The molecule has 0 aliphatic carbocycles. The molecule has 0 radical (unpaired) electrons. The van der Waals surface area contributed by atoms with Gasteiger partial charge in [-0.1, -0.05) is 17.7 Å². The second-order valence-corrected chi connectivity index (χ2v) is 6.38. The van der Waals surface area contributed by atoms with Crippen LogP contribution in [0.1, 0.15) is 34.4 Å². The lowest BCUT2D eigenvalue weighted by Gasteiger charge is -2.33. The van der Waals surface area contributed by atoms with Crippen molar-refractivity contribution in [1.82, 2.24) is 10.2 Å². The second kappa shape index (κ2) is 8.41. The minimum atomic E-state index is -0.0539. The van der Waals surface area contributed by atoms with E-state index < -0.39 is 0 Å². The maximum absolute atomic E-state index is 12.6. The molecule has 1 aliphatic rings. The van der Waals surface area contributed by atoms with Crippen LogP contribution in [0.5, 0.6) is 5.75 Å². The largest absolute Gasteiger partial charge is 0.485 e. The number of ether oxygens (including phenoxy) is 1. The average molecular weight is 365 g/mol. The highest BCUT2D eigenvalue weighted by Gasteiger charge is 2.26. The second-order valence-electron chi connectivity index (χ2n) is 6.38. The number of rotatable bonds is 4. The molecule has 1 aromatic carbocycles. The predicted molar refractivity (Wildman–Crippen MR) is 99.6 cm³/mol. The van der Waals surface area contributed by atoms with Crippen LogP contribution >= 0.6 is 12.4 Å². The molecule has 1 aromatic heterocycles. The number of carbonyl (C=O) groups excluding carboxylic acids is 1. The number of furan rings is 1. The summed E-state index contributed by atoms with van der Waals surface area (Å²) in [5.74, 6) is 1.81. The molecule has 136 valence electrons. The van der Waals surface area contributed by atoms with Crippen LogP contribution in [-0.4, -0.2) is 36.5 Å². The van der Waals surface area contributed by atoms with Crippen molar-refractivity contribution in [3.8, 4) is 5.75 Å². The number of nitrogens with one attached hydrogen (secondary N) is 1. The van der Waals surface area contributed by atoms with Crippen molar-refractivity contribution in [2.24, 2.45) is 0 Å². The average Bonchev–Trinajstić information content (AvgIpc) is 3.03. The van der Waals surface area contributed by atoms with Crippen molar-refractivity contribution in [2.45, 2.75) is 33.4 Å². The molecule has 0 bridgehead atoms. The number of benzene rings is 1. The molecule has 0 unspecified atom stereocenters. The van der Waals surface area contributed by atoms with Gasteiger partial charge in [0.05, 0.1) is 0 Å². The molecule has 2 aromatic rings. The fourth-order valence-electron chi connectivity index (χ4n) is 2.96. The molecule has 0 spiro atoms. The lowest BCUT2D eigenvalue weighted by Crippen LogP contribution is -2.52. The summed E-state index contributed by atoms with van der Waals surface area (Å²) in [6.07, 6.45) is 0. The normalized spacial score (nSPS) is 17.1. The molecule has 1 amide bonds. The van der Waals surface area contributed by atoms with Crippen molar-refractivity contribution < 1.29 is 13.9 Å². The van der Waals surface area contributed by atoms with Crippen molar-refractivity contribution in [3.05, 3.63) is 53.0 Å². The van der Waals surface area contributed by atoms with Crippen LogP contribution in [0.25, 0.3) is 0 Å². The molecule has 1 fully saturated rings. The first-order chi connectivity index (χ1) is 11.5.